The summed E-state index contributed by atoms with van der Waals surface area (Å²) in [5.41, 5.74) is 8.11. The molecular weight excluding hydrogens is 423 g/mol. The molecule has 8 nitrogen and oxygen atoms in total. The van der Waals surface area contributed by atoms with Gasteiger partial charge in [-0.15, -0.1) is 12.4 Å². The summed E-state index contributed by atoms with van der Waals surface area (Å²) in [6, 6.07) is 6.38. The number of carbonyl (C=O) groups excluding carboxylic acids is 1. The SMILES string of the molecule is CO[C@@H]1CNCC[C@@H]1Nc1cncc(-n2cc(-c3ccc(F)c(C(N)=O)c3)cn2)c1.Cl. The van der Waals surface area contributed by atoms with E-state index in [2.05, 4.69) is 20.7 Å². The van der Waals surface area contributed by atoms with E-state index in [0.29, 0.717) is 5.56 Å². The Kier molecular flexibility index (Phi) is 7.21. The van der Waals surface area contributed by atoms with Crippen LogP contribution < -0.4 is 16.4 Å². The minimum atomic E-state index is -0.808. The van der Waals surface area contributed by atoms with Crippen LogP contribution in [0.2, 0.25) is 0 Å². The first-order valence-corrected chi connectivity index (χ1v) is 9.65. The summed E-state index contributed by atoms with van der Waals surface area (Å²) >= 11 is 0. The zero-order chi connectivity index (χ0) is 21.1. The van der Waals surface area contributed by atoms with E-state index in [1.807, 2.05) is 6.07 Å². The molecule has 10 heteroatoms. The number of methoxy groups -OCH3 is 1. The molecule has 164 valence electrons. The fraction of sp³-hybridized carbons (Fsp3) is 0.286. The van der Waals surface area contributed by atoms with Crippen LogP contribution in [0, 0.1) is 5.82 Å². The first kappa shape index (κ1) is 22.7. The standard InChI is InChI=1S/C21H23FN6O2.ClH/c1-30-20-11-24-5-4-19(20)27-15-7-16(10-25-9-15)28-12-14(8-26-28)13-2-3-18(22)17(6-13)21(23)29;/h2-3,6-10,12,19-20,24,27H,4-5,11H2,1H3,(H2,23,29);1H/t19-,20+;/m0./s1. The van der Waals surface area contributed by atoms with Crippen LogP contribution in [0.15, 0.2) is 49.1 Å². The summed E-state index contributed by atoms with van der Waals surface area (Å²) < 4.78 is 21.0. The molecular formula is C21H24ClFN6O2. The van der Waals surface area contributed by atoms with Gasteiger partial charge in [0.05, 0.1) is 47.7 Å². The van der Waals surface area contributed by atoms with Crippen LogP contribution in [0.1, 0.15) is 16.8 Å². The number of amides is 1. The number of nitrogens with two attached hydrogens (primary N) is 1. The second kappa shape index (κ2) is 9.86. The molecule has 4 N–H and O–H groups in total. The number of aromatic nitrogens is 3. The van der Waals surface area contributed by atoms with E-state index in [4.69, 9.17) is 10.5 Å². The van der Waals surface area contributed by atoms with E-state index in [-0.39, 0.29) is 30.1 Å². The maximum atomic E-state index is 13.7. The summed E-state index contributed by atoms with van der Waals surface area (Å²) in [6.45, 7) is 1.73. The highest BCUT2D eigenvalue weighted by Crippen LogP contribution is 2.24. The molecule has 0 radical (unpaired) electrons. The summed E-state index contributed by atoms with van der Waals surface area (Å²) in [7, 11) is 1.71. The van der Waals surface area contributed by atoms with Crippen molar-refractivity contribution in [3.8, 4) is 16.8 Å². The van der Waals surface area contributed by atoms with Gasteiger partial charge in [-0.3, -0.25) is 9.78 Å². The quantitative estimate of drug-likeness (QED) is 0.536. The summed E-state index contributed by atoms with van der Waals surface area (Å²) in [5.74, 6) is -1.45. The zero-order valence-corrected chi connectivity index (χ0v) is 17.7. The molecule has 3 aromatic rings. The van der Waals surface area contributed by atoms with Crippen LogP contribution in [-0.2, 0) is 4.74 Å². The maximum absolute atomic E-state index is 13.7. The lowest BCUT2D eigenvalue weighted by atomic mass is 10.0. The number of rotatable bonds is 6. The number of hydrogen-bond donors (Lipinski definition) is 3. The van der Waals surface area contributed by atoms with Crippen LogP contribution >= 0.6 is 12.4 Å². The van der Waals surface area contributed by atoms with Gasteiger partial charge in [-0.1, -0.05) is 6.07 Å². The Hall–Kier alpha value is -3.01. The van der Waals surface area contributed by atoms with Crippen molar-refractivity contribution in [1.29, 1.82) is 0 Å². The van der Waals surface area contributed by atoms with Crippen LogP contribution in [0.4, 0.5) is 10.1 Å². The third-order valence-corrected chi connectivity index (χ3v) is 5.22. The summed E-state index contributed by atoms with van der Waals surface area (Å²) in [4.78, 5) is 15.7. The smallest absolute Gasteiger partial charge is 0.251 e. The van der Waals surface area contributed by atoms with Crippen LogP contribution in [-0.4, -0.2) is 53.0 Å². The Morgan fingerprint density at radius 1 is 1.29 bits per heavy atom. The van der Waals surface area contributed by atoms with E-state index < -0.39 is 11.7 Å². The average Bonchev–Trinajstić information content (AvgIpc) is 3.25. The normalized spacial score (nSPS) is 18.3. The fourth-order valence-corrected chi connectivity index (χ4v) is 3.60. The van der Waals surface area contributed by atoms with E-state index >= 15 is 0 Å². The molecule has 4 rings (SSSR count). The molecule has 1 aliphatic heterocycles. The van der Waals surface area contributed by atoms with E-state index in [1.165, 1.54) is 12.1 Å². The number of anilines is 1. The van der Waals surface area contributed by atoms with Gasteiger partial charge >= 0.3 is 0 Å². The number of hydrogen-bond acceptors (Lipinski definition) is 6. The van der Waals surface area contributed by atoms with Gasteiger partial charge in [-0.2, -0.15) is 5.10 Å². The van der Waals surface area contributed by atoms with Crippen LogP contribution in [0.5, 0.6) is 0 Å². The first-order valence-electron chi connectivity index (χ1n) is 9.65. The molecule has 0 spiro atoms. The number of carbonyl (C=O) groups is 1. The lowest BCUT2D eigenvalue weighted by Gasteiger charge is -2.32. The third-order valence-electron chi connectivity index (χ3n) is 5.22. The molecule has 3 heterocycles. The number of halogens is 2. The Bertz CT molecular complexity index is 1060. The number of pyridine rings is 1. The number of primary amides is 1. The number of nitrogens with one attached hydrogen (secondary N) is 2. The molecule has 1 aromatic carbocycles. The van der Waals surface area contributed by atoms with Crippen LogP contribution in [0.25, 0.3) is 16.8 Å². The van der Waals surface area contributed by atoms with Gasteiger partial charge in [0.1, 0.15) is 5.82 Å². The topological polar surface area (TPSA) is 107 Å². The van der Waals surface area contributed by atoms with E-state index in [0.717, 1.165) is 36.4 Å². The minimum Gasteiger partial charge on any atom is -0.378 e. The highest BCUT2D eigenvalue weighted by atomic mass is 35.5. The molecule has 31 heavy (non-hydrogen) atoms. The molecule has 2 atom stereocenters. The summed E-state index contributed by atoms with van der Waals surface area (Å²) in [5, 5.41) is 11.2. The van der Waals surface area contributed by atoms with Gasteiger partial charge in [-0.05, 0) is 36.7 Å². The molecule has 1 fully saturated rings. The van der Waals surface area contributed by atoms with Gasteiger partial charge < -0.3 is 21.1 Å². The number of benzene rings is 1. The Balaban J connectivity index is 0.00000272. The van der Waals surface area contributed by atoms with Gasteiger partial charge in [0, 0.05) is 25.4 Å². The van der Waals surface area contributed by atoms with Gasteiger partial charge in [0.25, 0.3) is 5.91 Å². The van der Waals surface area contributed by atoms with E-state index in [9.17, 15) is 9.18 Å². The van der Waals surface area contributed by atoms with Crippen molar-refractivity contribution in [3.63, 3.8) is 0 Å². The minimum absolute atomic E-state index is 0. The van der Waals surface area contributed by atoms with Crippen molar-refractivity contribution in [2.45, 2.75) is 18.6 Å². The van der Waals surface area contributed by atoms with Crippen molar-refractivity contribution in [3.05, 3.63) is 60.4 Å². The first-order chi connectivity index (χ1) is 14.5. The van der Waals surface area contributed by atoms with Gasteiger partial charge in [0.2, 0.25) is 0 Å². The third kappa shape index (κ3) is 5.01. The second-order valence-electron chi connectivity index (χ2n) is 7.18. The number of nitrogens with zero attached hydrogens (tertiary/aromatic N) is 3. The summed E-state index contributed by atoms with van der Waals surface area (Å²) in [6.07, 6.45) is 7.94. The second-order valence-corrected chi connectivity index (χ2v) is 7.18. The van der Waals surface area contributed by atoms with Crippen molar-refractivity contribution in [2.24, 2.45) is 5.73 Å². The number of piperidine rings is 1. The Morgan fingerprint density at radius 3 is 2.90 bits per heavy atom. The zero-order valence-electron chi connectivity index (χ0n) is 16.9. The van der Waals surface area contributed by atoms with E-state index in [1.54, 1.807) is 42.6 Å². The Labute approximate surface area is 185 Å². The molecule has 0 saturated carbocycles. The molecule has 2 aromatic heterocycles. The molecule has 0 aliphatic carbocycles. The van der Waals surface area contributed by atoms with Gasteiger partial charge in [0.15, 0.2) is 0 Å². The predicted molar refractivity (Wildman–Crippen MR) is 118 cm³/mol. The fourth-order valence-electron chi connectivity index (χ4n) is 3.60. The van der Waals surface area contributed by atoms with Crippen molar-refractivity contribution >= 4 is 24.0 Å². The average molecular weight is 447 g/mol. The highest BCUT2D eigenvalue weighted by molar-refractivity contribution is 5.94. The highest BCUT2D eigenvalue weighted by Gasteiger charge is 2.24. The maximum Gasteiger partial charge on any atom is 0.251 e. The van der Waals surface area contributed by atoms with Gasteiger partial charge in [-0.25, -0.2) is 9.07 Å². The molecule has 0 unspecified atom stereocenters. The molecule has 1 saturated heterocycles. The Morgan fingerprint density at radius 2 is 2.13 bits per heavy atom. The van der Waals surface area contributed by atoms with Crippen LogP contribution in [0.3, 0.4) is 0 Å². The molecule has 1 amide bonds. The largest absolute Gasteiger partial charge is 0.378 e. The monoisotopic (exact) mass is 446 g/mol. The molecule has 1 aliphatic rings. The van der Waals surface area contributed by atoms with Crippen molar-refractivity contribution in [1.82, 2.24) is 20.1 Å². The number of ether oxygens (including phenoxy) is 1. The predicted octanol–water partition coefficient (Wildman–Crippen LogP) is 2.38. The molecule has 0 bridgehead atoms. The van der Waals surface area contributed by atoms with Crippen molar-refractivity contribution < 1.29 is 13.9 Å². The lowest BCUT2D eigenvalue weighted by Crippen LogP contribution is -2.48. The van der Waals surface area contributed by atoms with Crippen molar-refractivity contribution in [2.75, 3.05) is 25.5 Å². The lowest BCUT2D eigenvalue weighted by molar-refractivity contribution is 0.0706.